The van der Waals surface area contributed by atoms with Crippen LogP contribution in [0.25, 0.3) is 0 Å². The van der Waals surface area contributed by atoms with Gasteiger partial charge in [0, 0.05) is 19.6 Å². The van der Waals surface area contributed by atoms with Crippen LogP contribution < -0.4 is 14.4 Å². The minimum Gasteiger partial charge on any atom is -0.490 e. The van der Waals surface area contributed by atoms with Gasteiger partial charge in [0.1, 0.15) is 17.9 Å². The highest BCUT2D eigenvalue weighted by atomic mass is 32.2. The number of piperidine rings is 1. The van der Waals surface area contributed by atoms with E-state index in [9.17, 15) is 13.2 Å². The van der Waals surface area contributed by atoms with Crippen molar-refractivity contribution in [1.82, 2.24) is 10.2 Å². The Hall–Kier alpha value is -2.58. The maximum absolute atomic E-state index is 12.7. The van der Waals surface area contributed by atoms with Crippen molar-refractivity contribution >= 4 is 21.6 Å². The fourth-order valence-electron chi connectivity index (χ4n) is 3.70. The minimum absolute atomic E-state index is 0.238. The van der Waals surface area contributed by atoms with E-state index < -0.39 is 16.1 Å². The highest BCUT2D eigenvalue weighted by molar-refractivity contribution is 7.92. The number of hydrogen-bond donors (Lipinski definition) is 1. The van der Waals surface area contributed by atoms with Crippen molar-refractivity contribution in [2.45, 2.75) is 38.5 Å². The number of anilines is 1. The summed E-state index contributed by atoms with van der Waals surface area (Å²) < 4.78 is 31.8. The molecule has 1 aliphatic heterocycles. The summed E-state index contributed by atoms with van der Waals surface area (Å²) >= 11 is 0. The summed E-state index contributed by atoms with van der Waals surface area (Å²) in [6.45, 7) is 3.98. The molecule has 1 saturated heterocycles. The molecule has 0 spiro atoms. The van der Waals surface area contributed by atoms with Gasteiger partial charge in [-0.05, 0) is 56.6 Å². The van der Waals surface area contributed by atoms with Crippen molar-refractivity contribution in [2.24, 2.45) is 0 Å². The standard InChI is InChI=1S/C23H31N3O4S/c1-18(26(31(3,28)29)20-7-5-4-6-8-20)23(27)24-17-19-9-11-21(12-10-19)30-22-13-15-25(2)16-14-22/h4-12,18,22H,13-17H2,1-3H3,(H,24,27). The molecule has 1 amide bonds. The zero-order valence-corrected chi connectivity index (χ0v) is 19.1. The van der Waals surface area contributed by atoms with Crippen LogP contribution in [0.1, 0.15) is 25.3 Å². The van der Waals surface area contributed by atoms with Gasteiger partial charge in [0.15, 0.2) is 0 Å². The molecule has 1 atom stereocenters. The molecule has 2 aromatic rings. The quantitative estimate of drug-likeness (QED) is 0.676. The van der Waals surface area contributed by atoms with E-state index in [1.165, 1.54) is 0 Å². The molecule has 2 aromatic carbocycles. The molecule has 1 N–H and O–H groups in total. The van der Waals surface area contributed by atoms with Crippen molar-refractivity contribution in [3.8, 4) is 5.75 Å². The normalized spacial score (nSPS) is 16.5. The van der Waals surface area contributed by atoms with Crippen LogP contribution in [0.4, 0.5) is 5.69 Å². The molecule has 0 aliphatic carbocycles. The molecule has 7 nitrogen and oxygen atoms in total. The highest BCUT2D eigenvalue weighted by Crippen LogP contribution is 2.21. The Morgan fingerprint density at radius 1 is 1.13 bits per heavy atom. The number of nitrogens with zero attached hydrogens (tertiary/aromatic N) is 2. The molecule has 31 heavy (non-hydrogen) atoms. The van der Waals surface area contributed by atoms with Crippen LogP contribution in [0, 0.1) is 0 Å². The van der Waals surface area contributed by atoms with Gasteiger partial charge in [0.25, 0.3) is 0 Å². The number of rotatable bonds is 8. The number of amides is 1. The number of ether oxygens (including phenoxy) is 1. The maximum Gasteiger partial charge on any atom is 0.243 e. The molecule has 1 fully saturated rings. The van der Waals surface area contributed by atoms with Gasteiger partial charge in [0.2, 0.25) is 15.9 Å². The van der Waals surface area contributed by atoms with Crippen molar-refractivity contribution in [2.75, 3.05) is 30.7 Å². The number of nitrogens with one attached hydrogen (secondary N) is 1. The third kappa shape index (κ3) is 6.45. The molecule has 1 heterocycles. The van der Waals surface area contributed by atoms with E-state index in [2.05, 4.69) is 17.3 Å². The lowest BCUT2D eigenvalue weighted by Gasteiger charge is -2.29. The molecule has 0 saturated carbocycles. The molecule has 168 valence electrons. The van der Waals surface area contributed by atoms with Gasteiger partial charge in [-0.3, -0.25) is 9.10 Å². The van der Waals surface area contributed by atoms with Crippen LogP contribution >= 0.6 is 0 Å². The predicted octanol–water partition coefficient (Wildman–Crippen LogP) is 2.63. The lowest BCUT2D eigenvalue weighted by atomic mass is 10.1. The van der Waals surface area contributed by atoms with Crippen molar-refractivity contribution in [3.05, 3.63) is 60.2 Å². The molecule has 0 bridgehead atoms. The molecule has 1 aliphatic rings. The Morgan fingerprint density at radius 2 is 1.74 bits per heavy atom. The van der Waals surface area contributed by atoms with Gasteiger partial charge < -0.3 is 15.0 Å². The molecule has 3 rings (SSSR count). The summed E-state index contributed by atoms with van der Waals surface area (Å²) in [7, 11) is -1.50. The lowest BCUT2D eigenvalue weighted by molar-refractivity contribution is -0.122. The van der Waals surface area contributed by atoms with E-state index in [-0.39, 0.29) is 12.0 Å². The van der Waals surface area contributed by atoms with Crippen LogP contribution in [0.3, 0.4) is 0 Å². The number of para-hydroxylation sites is 1. The fraction of sp³-hybridized carbons (Fsp3) is 0.435. The number of likely N-dealkylation sites (tertiary alicyclic amines) is 1. The number of benzene rings is 2. The number of carbonyl (C=O) groups excluding carboxylic acids is 1. The summed E-state index contributed by atoms with van der Waals surface area (Å²) in [5.41, 5.74) is 1.38. The third-order valence-corrected chi connectivity index (χ3v) is 6.70. The summed E-state index contributed by atoms with van der Waals surface area (Å²) in [5.74, 6) is 0.464. The summed E-state index contributed by atoms with van der Waals surface area (Å²) in [4.78, 5) is 15.0. The van der Waals surface area contributed by atoms with E-state index in [0.717, 1.165) is 47.8 Å². The Bertz CT molecular complexity index is 956. The predicted molar refractivity (Wildman–Crippen MR) is 123 cm³/mol. The molecule has 8 heteroatoms. The van der Waals surface area contributed by atoms with Gasteiger partial charge in [-0.25, -0.2) is 8.42 Å². The van der Waals surface area contributed by atoms with Crippen LogP contribution in [0.15, 0.2) is 54.6 Å². The largest absolute Gasteiger partial charge is 0.490 e. The van der Waals surface area contributed by atoms with Gasteiger partial charge in [-0.15, -0.1) is 0 Å². The van der Waals surface area contributed by atoms with Gasteiger partial charge >= 0.3 is 0 Å². The minimum atomic E-state index is -3.62. The van der Waals surface area contributed by atoms with Gasteiger partial charge in [-0.2, -0.15) is 0 Å². The van der Waals surface area contributed by atoms with E-state index >= 15 is 0 Å². The Kier molecular flexibility index (Phi) is 7.56. The second kappa shape index (κ2) is 10.2. The Morgan fingerprint density at radius 3 is 2.32 bits per heavy atom. The summed E-state index contributed by atoms with van der Waals surface area (Å²) in [6, 6.07) is 15.4. The third-order valence-electron chi connectivity index (χ3n) is 5.46. The first-order valence-corrected chi connectivity index (χ1v) is 12.3. The van der Waals surface area contributed by atoms with Crippen molar-refractivity contribution < 1.29 is 17.9 Å². The zero-order chi connectivity index (χ0) is 22.4. The number of carbonyl (C=O) groups is 1. The average Bonchev–Trinajstić information content (AvgIpc) is 2.74. The van der Waals surface area contributed by atoms with Crippen LogP contribution in [-0.4, -0.2) is 57.8 Å². The fourth-order valence-corrected chi connectivity index (χ4v) is 4.88. The van der Waals surface area contributed by atoms with E-state index in [1.54, 1.807) is 37.3 Å². The second-order valence-electron chi connectivity index (χ2n) is 8.05. The average molecular weight is 446 g/mol. The van der Waals surface area contributed by atoms with Crippen LogP contribution in [0.5, 0.6) is 5.75 Å². The molecular formula is C23H31N3O4S. The van der Waals surface area contributed by atoms with Crippen LogP contribution in [0.2, 0.25) is 0 Å². The lowest BCUT2D eigenvalue weighted by Crippen LogP contribution is -2.47. The Labute approximate surface area is 185 Å². The molecule has 1 unspecified atom stereocenters. The maximum atomic E-state index is 12.7. The SMILES string of the molecule is CC(C(=O)NCc1ccc(OC2CCN(C)CC2)cc1)N(c1ccccc1)S(C)(=O)=O. The van der Waals surface area contributed by atoms with Crippen LogP contribution in [-0.2, 0) is 21.4 Å². The first kappa shape index (κ1) is 23.1. The monoisotopic (exact) mass is 445 g/mol. The highest BCUT2D eigenvalue weighted by Gasteiger charge is 2.28. The first-order chi connectivity index (χ1) is 14.7. The summed E-state index contributed by atoms with van der Waals surface area (Å²) in [5, 5.41) is 2.84. The molecule has 0 aromatic heterocycles. The van der Waals surface area contributed by atoms with Crippen molar-refractivity contribution in [3.63, 3.8) is 0 Å². The molecular weight excluding hydrogens is 414 g/mol. The van der Waals surface area contributed by atoms with Gasteiger partial charge in [0.05, 0.1) is 11.9 Å². The molecule has 0 radical (unpaired) electrons. The van der Waals surface area contributed by atoms with E-state index in [0.29, 0.717) is 12.2 Å². The first-order valence-electron chi connectivity index (χ1n) is 10.5. The number of hydrogen-bond acceptors (Lipinski definition) is 5. The smallest absolute Gasteiger partial charge is 0.243 e. The van der Waals surface area contributed by atoms with E-state index in [4.69, 9.17) is 4.74 Å². The second-order valence-corrected chi connectivity index (χ2v) is 9.91. The van der Waals surface area contributed by atoms with Gasteiger partial charge in [-0.1, -0.05) is 30.3 Å². The number of sulfonamides is 1. The topological polar surface area (TPSA) is 79.0 Å². The Balaban J connectivity index is 1.57. The summed E-state index contributed by atoms with van der Waals surface area (Å²) in [6.07, 6.45) is 3.38. The van der Waals surface area contributed by atoms with E-state index in [1.807, 2.05) is 24.3 Å². The zero-order valence-electron chi connectivity index (χ0n) is 18.3. The van der Waals surface area contributed by atoms with Crippen molar-refractivity contribution in [1.29, 1.82) is 0 Å².